The normalized spacial score (nSPS) is 11.4. The summed E-state index contributed by atoms with van der Waals surface area (Å²) in [4.78, 5) is 10.4. The molecule has 1 radical (unpaired) electrons. The van der Waals surface area contributed by atoms with Crippen molar-refractivity contribution < 1.29 is 18.0 Å². The summed E-state index contributed by atoms with van der Waals surface area (Å²) < 4.78 is 36.7. The van der Waals surface area contributed by atoms with Gasteiger partial charge in [-0.2, -0.15) is 19.0 Å². The zero-order valence-electron chi connectivity index (χ0n) is 6.60. The van der Waals surface area contributed by atoms with Crippen LogP contribution in [-0.4, -0.2) is 4.87 Å². The summed E-state index contributed by atoms with van der Waals surface area (Å²) >= 11 is 2.83. The standard InChI is InChI=1S/C7H4BrF3N2O/c8-5-1-4(7(9,10)11)2-6(3-5)13(12)14/h1,3H,(H2,12,14)/q+1. The van der Waals surface area contributed by atoms with Crippen LogP contribution in [0.15, 0.2) is 16.6 Å². The first kappa shape index (κ1) is 11.0. The molecular weight excluding hydrogens is 265 g/mol. The minimum Gasteiger partial charge on any atom is -0.166 e. The maximum absolute atomic E-state index is 12.2. The summed E-state index contributed by atoms with van der Waals surface area (Å²) in [6.07, 6.45) is -4.55. The third kappa shape index (κ3) is 2.44. The van der Waals surface area contributed by atoms with Crippen LogP contribution in [0.4, 0.5) is 18.9 Å². The molecule has 0 aromatic heterocycles. The summed E-state index contributed by atoms with van der Waals surface area (Å²) in [7, 11) is 0. The predicted molar refractivity (Wildman–Crippen MR) is 45.5 cm³/mol. The molecule has 7 heteroatoms. The number of hydrogen-bond donors (Lipinski definition) is 1. The molecule has 1 rings (SSSR count). The van der Waals surface area contributed by atoms with Crippen molar-refractivity contribution in [3.63, 3.8) is 0 Å². The van der Waals surface area contributed by atoms with Gasteiger partial charge in [-0.3, -0.25) is 0 Å². The van der Waals surface area contributed by atoms with Gasteiger partial charge in [0.1, 0.15) is 0 Å². The van der Waals surface area contributed by atoms with E-state index in [1.165, 1.54) is 0 Å². The van der Waals surface area contributed by atoms with Gasteiger partial charge in [-0.25, -0.2) is 0 Å². The fourth-order valence-corrected chi connectivity index (χ4v) is 1.24. The van der Waals surface area contributed by atoms with E-state index in [1.54, 1.807) is 0 Å². The number of hydrazine groups is 1. The molecule has 0 heterocycles. The smallest absolute Gasteiger partial charge is 0.166 e. The first-order valence-corrected chi connectivity index (χ1v) is 4.12. The van der Waals surface area contributed by atoms with Gasteiger partial charge in [0.15, 0.2) is 4.87 Å². The SMILES string of the molecule is N[N+](=O)c1[c]c(C(F)(F)F)cc(Br)c1. The Labute approximate surface area is 85.4 Å². The maximum Gasteiger partial charge on any atom is 0.417 e. The Bertz CT molecular complexity index is 378. The fourth-order valence-electron chi connectivity index (χ4n) is 0.792. The molecule has 75 valence electrons. The molecule has 0 unspecified atom stereocenters. The first-order valence-electron chi connectivity index (χ1n) is 3.33. The van der Waals surface area contributed by atoms with Gasteiger partial charge in [-0.05, 0) is 6.07 Å². The third-order valence-electron chi connectivity index (χ3n) is 1.36. The number of hydrogen-bond acceptors (Lipinski definition) is 1. The highest BCUT2D eigenvalue weighted by Crippen LogP contribution is 2.33. The Morgan fingerprint density at radius 1 is 1.43 bits per heavy atom. The van der Waals surface area contributed by atoms with Crippen molar-refractivity contribution in [2.24, 2.45) is 5.84 Å². The van der Waals surface area contributed by atoms with Gasteiger partial charge < -0.3 is 0 Å². The van der Waals surface area contributed by atoms with Crippen LogP contribution in [0.3, 0.4) is 0 Å². The number of rotatable bonds is 1. The maximum atomic E-state index is 12.2. The lowest BCUT2D eigenvalue weighted by atomic mass is 10.2. The summed E-state index contributed by atoms with van der Waals surface area (Å²) in [5, 5.41) is 0. The van der Waals surface area contributed by atoms with Gasteiger partial charge in [0.05, 0.1) is 16.5 Å². The molecule has 1 aromatic rings. The lowest BCUT2D eigenvalue weighted by Gasteiger charge is -2.05. The van der Waals surface area contributed by atoms with Crippen molar-refractivity contribution in [1.29, 1.82) is 0 Å². The summed E-state index contributed by atoms with van der Waals surface area (Å²) in [6, 6.07) is 3.81. The highest BCUT2D eigenvalue weighted by Gasteiger charge is 2.33. The van der Waals surface area contributed by atoms with E-state index < -0.39 is 11.7 Å². The summed E-state index contributed by atoms with van der Waals surface area (Å²) in [5.74, 6) is 4.75. The zero-order valence-corrected chi connectivity index (χ0v) is 8.19. The molecule has 0 aliphatic heterocycles. The zero-order chi connectivity index (χ0) is 10.9. The molecule has 0 fully saturated rings. The van der Waals surface area contributed by atoms with Gasteiger partial charge in [-0.15, -0.1) is 0 Å². The van der Waals surface area contributed by atoms with Crippen molar-refractivity contribution in [2.75, 3.05) is 0 Å². The second-order valence-corrected chi connectivity index (χ2v) is 3.34. The van der Waals surface area contributed by atoms with E-state index >= 15 is 0 Å². The molecule has 0 aliphatic rings. The average molecular weight is 269 g/mol. The average Bonchev–Trinajstić information content (AvgIpc) is 2.01. The van der Waals surface area contributed by atoms with Crippen molar-refractivity contribution >= 4 is 21.6 Å². The number of alkyl halides is 3. The van der Waals surface area contributed by atoms with E-state index in [2.05, 4.69) is 15.9 Å². The Morgan fingerprint density at radius 3 is 2.43 bits per heavy atom. The van der Waals surface area contributed by atoms with E-state index in [9.17, 15) is 18.1 Å². The lowest BCUT2D eigenvalue weighted by Crippen LogP contribution is -2.11. The Balaban J connectivity index is 3.28. The largest absolute Gasteiger partial charge is 0.417 e. The molecule has 0 spiro atoms. The quantitative estimate of drug-likeness (QED) is 0.483. The molecule has 2 N–H and O–H groups in total. The van der Waals surface area contributed by atoms with E-state index in [-0.39, 0.29) is 15.0 Å². The molecule has 0 saturated carbocycles. The van der Waals surface area contributed by atoms with E-state index in [1.807, 2.05) is 6.07 Å². The van der Waals surface area contributed by atoms with Crippen LogP contribution < -0.4 is 5.84 Å². The van der Waals surface area contributed by atoms with Crippen LogP contribution in [0.5, 0.6) is 0 Å². The van der Waals surface area contributed by atoms with Crippen LogP contribution in [-0.2, 0) is 6.18 Å². The van der Waals surface area contributed by atoms with Crippen LogP contribution in [0.2, 0.25) is 0 Å². The van der Waals surface area contributed by atoms with Crippen LogP contribution >= 0.6 is 15.9 Å². The minimum absolute atomic E-state index is 0.116. The van der Waals surface area contributed by atoms with Gasteiger partial charge in [0.25, 0.3) is 0 Å². The third-order valence-corrected chi connectivity index (χ3v) is 1.82. The highest BCUT2D eigenvalue weighted by atomic mass is 79.9. The second kappa shape index (κ2) is 3.56. The molecule has 0 saturated heterocycles. The number of nitrogens with zero attached hydrogens (tertiary/aromatic N) is 1. The molecule has 0 aliphatic carbocycles. The number of nitrogens with two attached hydrogens (primary N) is 1. The van der Waals surface area contributed by atoms with Crippen molar-refractivity contribution in [1.82, 2.24) is 0 Å². The molecular formula is C7H4BrF3N2O+. The Kier molecular flexibility index (Phi) is 2.79. The monoisotopic (exact) mass is 268 g/mol. The molecule has 14 heavy (non-hydrogen) atoms. The van der Waals surface area contributed by atoms with Crippen molar-refractivity contribution in [3.05, 3.63) is 33.1 Å². The van der Waals surface area contributed by atoms with Gasteiger partial charge in [-0.1, -0.05) is 15.9 Å². The topological polar surface area (TPSA) is 46.1 Å². The van der Waals surface area contributed by atoms with Gasteiger partial charge >= 0.3 is 11.9 Å². The van der Waals surface area contributed by atoms with E-state index in [4.69, 9.17) is 5.84 Å². The Morgan fingerprint density at radius 2 is 2.00 bits per heavy atom. The lowest BCUT2D eigenvalue weighted by molar-refractivity contribution is -0.475. The van der Waals surface area contributed by atoms with Crippen LogP contribution in [0, 0.1) is 11.0 Å². The van der Waals surface area contributed by atoms with E-state index in [0.29, 0.717) is 0 Å². The van der Waals surface area contributed by atoms with Gasteiger partial charge in [0, 0.05) is 10.5 Å². The van der Waals surface area contributed by atoms with Gasteiger partial charge in [0.2, 0.25) is 0 Å². The van der Waals surface area contributed by atoms with Crippen molar-refractivity contribution in [2.45, 2.75) is 6.18 Å². The number of benzene rings is 1. The minimum atomic E-state index is -4.55. The van der Waals surface area contributed by atoms with Crippen LogP contribution in [0.25, 0.3) is 0 Å². The first-order chi connectivity index (χ1) is 6.30. The summed E-state index contributed by atoms with van der Waals surface area (Å²) in [6.45, 7) is 0. The van der Waals surface area contributed by atoms with Crippen molar-refractivity contribution in [3.8, 4) is 0 Å². The molecule has 1 aromatic carbocycles. The fraction of sp³-hybridized carbons (Fsp3) is 0.143. The molecule has 3 nitrogen and oxygen atoms in total. The Hall–Kier alpha value is -1.11. The molecule has 0 bridgehead atoms. The second-order valence-electron chi connectivity index (χ2n) is 2.42. The molecule has 0 atom stereocenters. The summed E-state index contributed by atoms with van der Waals surface area (Å²) in [5.41, 5.74) is -1.43. The predicted octanol–water partition coefficient (Wildman–Crippen LogP) is 2.55. The number of halogens is 4. The molecule has 0 amide bonds. The van der Waals surface area contributed by atoms with Crippen LogP contribution in [0.1, 0.15) is 5.56 Å². The highest BCUT2D eigenvalue weighted by molar-refractivity contribution is 9.10. The number of nitroso groups, excluding NO2 is 1. The van der Waals surface area contributed by atoms with E-state index in [0.717, 1.165) is 12.1 Å².